The number of carboxylic acids is 1. The van der Waals surface area contributed by atoms with Crippen LogP contribution in [0.25, 0.3) is 0 Å². The number of aliphatic carboxylic acids is 1. The summed E-state index contributed by atoms with van der Waals surface area (Å²) in [6.45, 7) is 3.61. The molecule has 1 atom stereocenters. The van der Waals surface area contributed by atoms with Crippen LogP contribution in [0.5, 0.6) is 5.88 Å². The Kier molecular flexibility index (Phi) is 6.30. The number of carbonyl (C=O) groups is 2. The van der Waals surface area contributed by atoms with Crippen LogP contribution in [0.3, 0.4) is 0 Å². The molecule has 0 bridgehead atoms. The lowest BCUT2D eigenvalue weighted by atomic mass is 10.0. The van der Waals surface area contributed by atoms with Gasteiger partial charge in [0.15, 0.2) is 6.10 Å². The second-order valence-electron chi connectivity index (χ2n) is 5.73. The van der Waals surface area contributed by atoms with E-state index in [2.05, 4.69) is 10.3 Å². The number of nitrogens with zero attached hydrogens (tertiary/aromatic N) is 2. The maximum atomic E-state index is 12.4. The minimum Gasteiger partial charge on any atom is -0.475 e. The van der Waals surface area contributed by atoms with Gasteiger partial charge in [0.1, 0.15) is 5.69 Å². The van der Waals surface area contributed by atoms with E-state index in [0.717, 1.165) is 25.9 Å². The third-order valence-electron chi connectivity index (χ3n) is 3.85. The van der Waals surface area contributed by atoms with Gasteiger partial charge in [-0.2, -0.15) is 13.2 Å². The van der Waals surface area contributed by atoms with Crippen molar-refractivity contribution >= 4 is 29.2 Å². The first-order valence-corrected chi connectivity index (χ1v) is 8.15. The van der Waals surface area contributed by atoms with Crippen molar-refractivity contribution in [2.24, 2.45) is 0 Å². The molecule has 0 aliphatic carbocycles. The molecular formula is C15H17ClF3N3O4. The van der Waals surface area contributed by atoms with Crippen molar-refractivity contribution in [2.45, 2.75) is 38.1 Å². The van der Waals surface area contributed by atoms with Gasteiger partial charge in [-0.1, -0.05) is 11.6 Å². The molecule has 1 aromatic heterocycles. The average molecular weight is 396 g/mol. The molecule has 144 valence electrons. The highest BCUT2D eigenvalue weighted by atomic mass is 35.5. The molecular weight excluding hydrogens is 379 g/mol. The van der Waals surface area contributed by atoms with Gasteiger partial charge in [-0.25, -0.2) is 9.78 Å². The lowest BCUT2D eigenvalue weighted by molar-refractivity contribution is -0.192. The van der Waals surface area contributed by atoms with Crippen LogP contribution in [0.4, 0.5) is 18.9 Å². The minimum atomic E-state index is -5.08. The number of carboxylic acid groups (broad SMARTS) is 1. The fourth-order valence-corrected chi connectivity index (χ4v) is 2.81. The zero-order chi connectivity index (χ0) is 19.5. The van der Waals surface area contributed by atoms with Gasteiger partial charge in [0, 0.05) is 12.2 Å². The van der Waals surface area contributed by atoms with E-state index in [9.17, 15) is 18.0 Å². The zero-order valence-corrected chi connectivity index (χ0v) is 14.5. The molecule has 26 heavy (non-hydrogen) atoms. The van der Waals surface area contributed by atoms with Crippen molar-refractivity contribution in [3.05, 3.63) is 17.3 Å². The summed E-state index contributed by atoms with van der Waals surface area (Å²) in [6, 6.07) is 1.95. The summed E-state index contributed by atoms with van der Waals surface area (Å²) in [4.78, 5) is 27.3. The number of halogens is 4. The second kappa shape index (κ2) is 8.09. The second-order valence-corrected chi connectivity index (χ2v) is 6.17. The smallest absolute Gasteiger partial charge is 0.475 e. The first-order valence-electron chi connectivity index (χ1n) is 7.77. The van der Waals surface area contributed by atoms with Gasteiger partial charge >= 0.3 is 12.1 Å². The normalized spacial score (nSPS) is 20.6. The molecule has 2 N–H and O–H groups in total. The molecule has 0 radical (unpaired) electrons. The number of alkyl halides is 3. The van der Waals surface area contributed by atoms with Crippen molar-refractivity contribution < 1.29 is 32.6 Å². The maximum absolute atomic E-state index is 12.4. The van der Waals surface area contributed by atoms with Crippen molar-refractivity contribution in [1.82, 2.24) is 10.3 Å². The van der Waals surface area contributed by atoms with Crippen LogP contribution in [0.15, 0.2) is 12.3 Å². The first kappa shape index (κ1) is 20.2. The largest absolute Gasteiger partial charge is 0.490 e. The third-order valence-corrected chi connectivity index (χ3v) is 4.06. The maximum Gasteiger partial charge on any atom is 0.490 e. The Bertz CT molecular complexity index is 681. The number of aromatic nitrogens is 1. The summed E-state index contributed by atoms with van der Waals surface area (Å²) in [5, 5.41) is 10.9. The highest BCUT2D eigenvalue weighted by Crippen LogP contribution is 2.36. The number of fused-ring (bicyclic) bond motifs is 1. The average Bonchev–Trinajstić information content (AvgIpc) is 2.57. The van der Waals surface area contributed by atoms with Crippen LogP contribution in [0.2, 0.25) is 5.02 Å². The molecule has 1 amide bonds. The third kappa shape index (κ3) is 4.76. The van der Waals surface area contributed by atoms with E-state index >= 15 is 0 Å². The summed E-state index contributed by atoms with van der Waals surface area (Å²) >= 11 is 6.00. The van der Waals surface area contributed by atoms with Crippen LogP contribution in [0, 0.1) is 0 Å². The summed E-state index contributed by atoms with van der Waals surface area (Å²) in [6.07, 6.45) is -2.16. The highest BCUT2D eigenvalue weighted by Gasteiger charge is 2.38. The number of pyridine rings is 1. The van der Waals surface area contributed by atoms with E-state index in [1.165, 1.54) is 0 Å². The van der Waals surface area contributed by atoms with Gasteiger partial charge < -0.3 is 20.1 Å². The molecule has 1 saturated heterocycles. The molecule has 3 heterocycles. The van der Waals surface area contributed by atoms with Crippen molar-refractivity contribution in [2.75, 3.05) is 18.0 Å². The van der Waals surface area contributed by atoms with Gasteiger partial charge in [-0.3, -0.25) is 4.79 Å². The summed E-state index contributed by atoms with van der Waals surface area (Å²) in [5.74, 6) is -2.27. The van der Waals surface area contributed by atoms with E-state index in [1.807, 2.05) is 4.90 Å². The molecule has 1 fully saturated rings. The Morgan fingerprint density at radius 2 is 2.00 bits per heavy atom. The topological polar surface area (TPSA) is 91.8 Å². The summed E-state index contributed by atoms with van der Waals surface area (Å²) < 4.78 is 37.3. The van der Waals surface area contributed by atoms with E-state index < -0.39 is 18.2 Å². The molecule has 1 aromatic rings. The molecule has 0 saturated carbocycles. The molecule has 7 nitrogen and oxygen atoms in total. The zero-order valence-electron chi connectivity index (χ0n) is 13.7. The Balaban J connectivity index is 0.000000298. The van der Waals surface area contributed by atoms with Crippen molar-refractivity contribution in [3.63, 3.8) is 0 Å². The molecule has 0 spiro atoms. The Morgan fingerprint density at radius 3 is 2.54 bits per heavy atom. The minimum absolute atomic E-state index is 0.0107. The number of hydrogen-bond acceptors (Lipinski definition) is 5. The SMILES string of the molecule is C[C@@H]1Oc2ncc(Cl)cc2N(C2CCNCC2)C1=O.O=C(O)C(F)(F)F. The number of nitrogens with one attached hydrogen (secondary N) is 1. The summed E-state index contributed by atoms with van der Waals surface area (Å²) in [7, 11) is 0. The van der Waals surface area contributed by atoms with Gasteiger partial charge in [0.25, 0.3) is 5.91 Å². The molecule has 0 unspecified atom stereocenters. The Hall–Kier alpha value is -2.07. The fourth-order valence-electron chi connectivity index (χ4n) is 2.65. The van der Waals surface area contributed by atoms with Crippen LogP contribution < -0.4 is 15.0 Å². The number of piperidine rings is 1. The van der Waals surface area contributed by atoms with E-state index in [0.29, 0.717) is 16.6 Å². The number of anilines is 1. The van der Waals surface area contributed by atoms with Crippen LogP contribution in [-0.2, 0) is 9.59 Å². The monoisotopic (exact) mass is 395 g/mol. The Labute approximate surface area is 152 Å². The highest BCUT2D eigenvalue weighted by molar-refractivity contribution is 6.30. The molecule has 11 heteroatoms. The van der Waals surface area contributed by atoms with Crippen LogP contribution in [-0.4, -0.2) is 53.4 Å². The lowest BCUT2D eigenvalue weighted by Crippen LogP contribution is -2.52. The predicted molar refractivity (Wildman–Crippen MR) is 86.4 cm³/mol. The standard InChI is InChI=1S/C13H16ClN3O2.C2HF3O2/c1-8-13(18)17(10-2-4-15-5-3-10)11-6-9(14)7-16-12(11)19-8;3-2(4,5)1(6)7/h6-8,10,15H,2-5H2,1H3;(H,6,7)/t8-;/m0./s1. The Morgan fingerprint density at radius 1 is 1.42 bits per heavy atom. The van der Waals surface area contributed by atoms with E-state index in [4.69, 9.17) is 26.2 Å². The molecule has 3 rings (SSSR count). The fraction of sp³-hybridized carbons (Fsp3) is 0.533. The van der Waals surface area contributed by atoms with Crippen molar-refractivity contribution in [3.8, 4) is 5.88 Å². The van der Waals surface area contributed by atoms with Gasteiger partial charge in [0.2, 0.25) is 5.88 Å². The van der Waals surface area contributed by atoms with Gasteiger partial charge in [0.05, 0.1) is 5.02 Å². The van der Waals surface area contributed by atoms with E-state index in [-0.39, 0.29) is 11.9 Å². The number of amides is 1. The number of hydrogen-bond donors (Lipinski definition) is 2. The van der Waals surface area contributed by atoms with Crippen molar-refractivity contribution in [1.29, 1.82) is 0 Å². The van der Waals surface area contributed by atoms with Crippen LogP contribution >= 0.6 is 11.6 Å². The molecule has 0 aromatic carbocycles. The number of carbonyl (C=O) groups excluding carboxylic acids is 1. The molecule has 2 aliphatic heterocycles. The number of ether oxygens (including phenoxy) is 1. The van der Waals surface area contributed by atoms with Crippen LogP contribution in [0.1, 0.15) is 19.8 Å². The quantitative estimate of drug-likeness (QED) is 0.757. The van der Waals surface area contributed by atoms with Gasteiger partial charge in [-0.05, 0) is 38.9 Å². The lowest BCUT2D eigenvalue weighted by Gasteiger charge is -2.39. The first-order chi connectivity index (χ1) is 12.1. The van der Waals surface area contributed by atoms with Gasteiger partial charge in [-0.15, -0.1) is 0 Å². The summed E-state index contributed by atoms with van der Waals surface area (Å²) in [5.41, 5.74) is 0.697. The predicted octanol–water partition coefficient (Wildman–Crippen LogP) is 2.23. The molecule has 2 aliphatic rings. The number of rotatable bonds is 1. The van der Waals surface area contributed by atoms with E-state index in [1.54, 1.807) is 19.2 Å².